The number of hydrogen-bond acceptors (Lipinski definition) is 3. The van der Waals surface area contributed by atoms with E-state index in [2.05, 4.69) is 43.1 Å². The van der Waals surface area contributed by atoms with Gasteiger partial charge in [-0.1, -0.05) is 13.8 Å². The third-order valence-corrected chi connectivity index (χ3v) is 3.09. The first-order valence-electron chi connectivity index (χ1n) is 6.79. The van der Waals surface area contributed by atoms with Crippen LogP contribution in [0.5, 0.6) is 0 Å². The molecule has 0 aromatic heterocycles. The van der Waals surface area contributed by atoms with Crippen molar-refractivity contribution in [3.05, 3.63) is 0 Å². The predicted octanol–water partition coefficient (Wildman–Crippen LogP) is 3.07. The summed E-state index contributed by atoms with van der Waals surface area (Å²) in [6, 6.07) is 0.522. The van der Waals surface area contributed by atoms with E-state index < -0.39 is 0 Å². The first-order valence-corrected chi connectivity index (χ1v) is 6.79. The summed E-state index contributed by atoms with van der Waals surface area (Å²) >= 11 is 0. The second kappa shape index (κ2) is 6.98. The number of methoxy groups -OCH3 is 1. The van der Waals surface area contributed by atoms with Crippen molar-refractivity contribution in [3.8, 4) is 0 Å². The average molecular weight is 258 g/mol. The molecule has 0 atom stereocenters. The van der Waals surface area contributed by atoms with Crippen LogP contribution in [0.3, 0.4) is 0 Å². The highest BCUT2D eigenvalue weighted by molar-refractivity contribution is 5.67. The number of ether oxygens (including phenoxy) is 1. The highest BCUT2D eigenvalue weighted by Crippen LogP contribution is 2.21. The summed E-state index contributed by atoms with van der Waals surface area (Å²) in [4.78, 5) is 11.3. The van der Waals surface area contributed by atoms with Gasteiger partial charge < -0.3 is 15.4 Å². The maximum atomic E-state index is 11.3. The fourth-order valence-corrected chi connectivity index (χ4v) is 2.57. The Morgan fingerprint density at radius 3 is 2.00 bits per heavy atom. The van der Waals surface area contributed by atoms with Gasteiger partial charge in [0, 0.05) is 17.1 Å². The Kier molecular flexibility index (Phi) is 6.68. The van der Waals surface area contributed by atoms with Crippen molar-refractivity contribution >= 4 is 6.09 Å². The summed E-state index contributed by atoms with van der Waals surface area (Å²) in [5.74, 6) is 0. The van der Waals surface area contributed by atoms with Crippen LogP contribution in [0.1, 0.15) is 60.8 Å². The molecule has 4 heteroatoms. The van der Waals surface area contributed by atoms with E-state index in [1.165, 1.54) is 7.11 Å². The minimum absolute atomic E-state index is 0.0266. The first kappa shape index (κ1) is 17.2. The van der Waals surface area contributed by atoms with Gasteiger partial charge in [-0.15, -0.1) is 0 Å². The zero-order valence-electron chi connectivity index (χ0n) is 13.0. The Hall–Kier alpha value is -0.770. The summed E-state index contributed by atoms with van der Waals surface area (Å²) in [6.45, 7) is 12.8. The van der Waals surface area contributed by atoms with Crippen LogP contribution in [-0.2, 0) is 4.74 Å². The van der Waals surface area contributed by atoms with E-state index in [0.29, 0.717) is 6.04 Å². The number of hydrogen-bond donors (Lipinski definition) is 2. The lowest BCUT2D eigenvalue weighted by molar-refractivity contribution is 0.150. The Labute approximate surface area is 112 Å². The van der Waals surface area contributed by atoms with Gasteiger partial charge in [0.2, 0.25) is 0 Å². The summed E-state index contributed by atoms with van der Waals surface area (Å²) < 4.78 is 4.65. The molecule has 0 spiro atoms. The molecule has 0 aromatic carbocycles. The van der Waals surface area contributed by atoms with E-state index in [0.717, 1.165) is 19.3 Å². The van der Waals surface area contributed by atoms with E-state index >= 15 is 0 Å². The fourth-order valence-electron chi connectivity index (χ4n) is 2.57. The van der Waals surface area contributed by atoms with Gasteiger partial charge in [0.05, 0.1) is 7.11 Å². The molecule has 0 rings (SSSR count). The molecule has 0 radical (unpaired) electrons. The van der Waals surface area contributed by atoms with Crippen LogP contribution >= 0.6 is 0 Å². The molecule has 0 aliphatic carbocycles. The average Bonchev–Trinajstić information content (AvgIpc) is 2.23. The van der Waals surface area contributed by atoms with E-state index in [1.54, 1.807) is 0 Å². The third-order valence-electron chi connectivity index (χ3n) is 3.09. The summed E-state index contributed by atoms with van der Waals surface area (Å²) in [5.41, 5.74) is -0.323. The van der Waals surface area contributed by atoms with Crippen molar-refractivity contribution in [2.45, 2.75) is 77.9 Å². The van der Waals surface area contributed by atoms with E-state index in [1.807, 2.05) is 13.8 Å². The largest absolute Gasteiger partial charge is 0.453 e. The quantitative estimate of drug-likeness (QED) is 0.738. The minimum Gasteiger partial charge on any atom is -0.453 e. The van der Waals surface area contributed by atoms with Crippen molar-refractivity contribution in [1.29, 1.82) is 0 Å². The van der Waals surface area contributed by atoms with Crippen LogP contribution in [0.15, 0.2) is 0 Å². The molecule has 2 N–H and O–H groups in total. The fraction of sp³-hybridized carbons (Fsp3) is 0.929. The van der Waals surface area contributed by atoms with Gasteiger partial charge in [0.15, 0.2) is 0 Å². The lowest BCUT2D eigenvalue weighted by atomic mass is 9.86. The van der Waals surface area contributed by atoms with Gasteiger partial charge in [0.25, 0.3) is 0 Å². The molecule has 0 unspecified atom stereocenters. The van der Waals surface area contributed by atoms with Gasteiger partial charge >= 0.3 is 6.09 Å². The van der Waals surface area contributed by atoms with E-state index in [9.17, 15) is 4.79 Å². The van der Waals surface area contributed by atoms with Crippen LogP contribution in [0.2, 0.25) is 0 Å². The van der Waals surface area contributed by atoms with Crippen molar-refractivity contribution in [1.82, 2.24) is 10.6 Å². The van der Waals surface area contributed by atoms with Gasteiger partial charge in [-0.2, -0.15) is 0 Å². The number of carbonyl (C=O) groups excluding carboxylic acids is 1. The molecule has 0 aliphatic heterocycles. The Balaban J connectivity index is 4.49. The van der Waals surface area contributed by atoms with Gasteiger partial charge in [0.1, 0.15) is 0 Å². The summed E-state index contributed by atoms with van der Waals surface area (Å²) in [6.07, 6.45) is 2.69. The molecule has 0 bridgehead atoms. The Bertz CT molecular complexity index is 259. The second-order valence-electron chi connectivity index (χ2n) is 6.22. The highest BCUT2D eigenvalue weighted by atomic mass is 16.5. The second-order valence-corrected chi connectivity index (χ2v) is 6.22. The molecule has 4 nitrogen and oxygen atoms in total. The Morgan fingerprint density at radius 2 is 1.61 bits per heavy atom. The molecular weight excluding hydrogens is 228 g/mol. The number of rotatable bonds is 7. The van der Waals surface area contributed by atoms with Crippen LogP contribution in [0.4, 0.5) is 4.79 Å². The van der Waals surface area contributed by atoms with Crippen LogP contribution in [0.25, 0.3) is 0 Å². The van der Waals surface area contributed by atoms with Gasteiger partial charge in [-0.05, 0) is 47.0 Å². The zero-order chi connectivity index (χ0) is 14.4. The zero-order valence-corrected chi connectivity index (χ0v) is 13.0. The molecule has 1 amide bonds. The molecule has 0 aromatic rings. The monoisotopic (exact) mass is 258 g/mol. The Morgan fingerprint density at radius 1 is 1.11 bits per heavy atom. The SMILES string of the molecule is CCC(CC)NC(C)(C)CC(C)(C)NC(=O)OC. The van der Waals surface area contributed by atoms with Crippen molar-refractivity contribution in [2.24, 2.45) is 0 Å². The standard InChI is InChI=1S/C14H30N2O2/c1-8-11(9-2)15-13(3,4)10-14(5,6)16-12(17)18-7/h11,15H,8-10H2,1-7H3,(H,16,17). The van der Waals surface area contributed by atoms with Crippen molar-refractivity contribution in [3.63, 3.8) is 0 Å². The minimum atomic E-state index is -0.377. The molecular formula is C14H30N2O2. The lowest BCUT2D eigenvalue weighted by Gasteiger charge is -2.38. The predicted molar refractivity (Wildman–Crippen MR) is 75.8 cm³/mol. The van der Waals surface area contributed by atoms with Crippen LogP contribution in [-0.4, -0.2) is 30.3 Å². The summed E-state index contributed by atoms with van der Waals surface area (Å²) in [5, 5.41) is 6.52. The molecule has 108 valence electrons. The number of nitrogens with one attached hydrogen (secondary N) is 2. The highest BCUT2D eigenvalue weighted by Gasteiger charge is 2.31. The molecule has 0 saturated heterocycles. The lowest BCUT2D eigenvalue weighted by Crippen LogP contribution is -2.54. The molecule has 0 aliphatic rings. The number of amides is 1. The molecule has 0 fully saturated rings. The summed E-state index contributed by atoms with van der Waals surface area (Å²) in [7, 11) is 1.39. The molecule has 18 heavy (non-hydrogen) atoms. The van der Waals surface area contributed by atoms with E-state index in [-0.39, 0.29) is 17.2 Å². The smallest absolute Gasteiger partial charge is 0.407 e. The maximum Gasteiger partial charge on any atom is 0.407 e. The maximum absolute atomic E-state index is 11.3. The number of carbonyl (C=O) groups is 1. The molecule has 0 heterocycles. The van der Waals surface area contributed by atoms with Crippen LogP contribution in [0, 0.1) is 0 Å². The van der Waals surface area contributed by atoms with Crippen molar-refractivity contribution in [2.75, 3.05) is 7.11 Å². The molecule has 0 saturated carbocycles. The van der Waals surface area contributed by atoms with E-state index in [4.69, 9.17) is 0 Å². The van der Waals surface area contributed by atoms with Crippen LogP contribution < -0.4 is 10.6 Å². The normalized spacial score (nSPS) is 12.7. The van der Waals surface area contributed by atoms with Gasteiger partial charge in [-0.25, -0.2) is 4.79 Å². The van der Waals surface area contributed by atoms with Gasteiger partial charge in [-0.3, -0.25) is 0 Å². The number of alkyl carbamates (subject to hydrolysis) is 1. The van der Waals surface area contributed by atoms with Crippen molar-refractivity contribution < 1.29 is 9.53 Å². The first-order chi connectivity index (χ1) is 8.15. The topological polar surface area (TPSA) is 50.4 Å². The third kappa shape index (κ3) is 6.84.